The first kappa shape index (κ1) is 30.2. The standard InChI is InChI=1S/C23H16ClF6N5O5/c1-10-13(20(37)34-15(33-10)3-4-16(36)39-2)8-35-9-32-19(22(26,27)23(28,29)30)18(21(35)38)40-14-6-12(24)5-11(7-31)17(14)25/h5-6,9H,3-4,8H2,1-2H3,(H,33,34,37). The van der Waals surface area contributed by atoms with Crippen molar-refractivity contribution in [2.24, 2.45) is 0 Å². The summed E-state index contributed by atoms with van der Waals surface area (Å²) in [6, 6.07) is 2.86. The van der Waals surface area contributed by atoms with E-state index in [2.05, 4.69) is 19.7 Å². The highest BCUT2D eigenvalue weighted by atomic mass is 35.5. The largest absolute Gasteiger partial charge is 0.469 e. The molecule has 1 N–H and O–H groups in total. The predicted octanol–water partition coefficient (Wildman–Crippen LogP) is 3.90. The van der Waals surface area contributed by atoms with Gasteiger partial charge in [0.05, 0.1) is 37.5 Å². The van der Waals surface area contributed by atoms with Gasteiger partial charge in [-0.05, 0) is 13.0 Å². The van der Waals surface area contributed by atoms with Crippen LogP contribution in [0, 0.1) is 24.1 Å². The molecule has 0 spiro atoms. The lowest BCUT2D eigenvalue weighted by atomic mass is 10.2. The van der Waals surface area contributed by atoms with E-state index in [1.54, 1.807) is 0 Å². The molecular formula is C23H16ClF6N5O5. The first-order valence-electron chi connectivity index (χ1n) is 10.9. The van der Waals surface area contributed by atoms with Crippen molar-refractivity contribution >= 4 is 17.6 Å². The van der Waals surface area contributed by atoms with Gasteiger partial charge in [0, 0.05) is 23.2 Å². The number of H-pyrrole nitrogens is 1. The lowest BCUT2D eigenvalue weighted by Crippen LogP contribution is -2.38. The van der Waals surface area contributed by atoms with Crippen molar-refractivity contribution in [2.45, 2.75) is 38.4 Å². The molecule has 0 saturated heterocycles. The van der Waals surface area contributed by atoms with Crippen LogP contribution >= 0.6 is 11.6 Å². The number of halogens is 7. The molecule has 10 nitrogen and oxygen atoms in total. The fraction of sp³-hybridized carbons (Fsp3) is 0.304. The van der Waals surface area contributed by atoms with Gasteiger partial charge in [-0.2, -0.15) is 27.2 Å². The molecule has 0 atom stereocenters. The van der Waals surface area contributed by atoms with Crippen LogP contribution in [0.2, 0.25) is 5.02 Å². The molecular weight excluding hydrogens is 576 g/mol. The number of hydrogen-bond acceptors (Lipinski definition) is 8. The van der Waals surface area contributed by atoms with Crippen molar-refractivity contribution in [2.75, 3.05) is 7.11 Å². The van der Waals surface area contributed by atoms with Gasteiger partial charge in [0.25, 0.3) is 11.1 Å². The average molecular weight is 592 g/mol. The molecule has 0 aliphatic carbocycles. The number of aromatic amines is 1. The number of aryl methyl sites for hydroxylation is 2. The molecule has 0 bridgehead atoms. The summed E-state index contributed by atoms with van der Waals surface area (Å²) in [5.74, 6) is -10.6. The second kappa shape index (κ2) is 11.4. The number of alkyl halides is 5. The van der Waals surface area contributed by atoms with E-state index in [9.17, 15) is 40.7 Å². The molecule has 17 heteroatoms. The zero-order valence-corrected chi connectivity index (χ0v) is 21.1. The average Bonchev–Trinajstić information content (AvgIpc) is 2.87. The van der Waals surface area contributed by atoms with Gasteiger partial charge in [-0.3, -0.25) is 19.0 Å². The Bertz CT molecular complexity index is 1630. The van der Waals surface area contributed by atoms with E-state index in [0.29, 0.717) is 17.0 Å². The van der Waals surface area contributed by atoms with E-state index in [-0.39, 0.29) is 34.9 Å². The summed E-state index contributed by atoms with van der Waals surface area (Å²) in [5, 5.41) is 8.66. The summed E-state index contributed by atoms with van der Waals surface area (Å²) >= 11 is 5.75. The number of aromatic nitrogens is 4. The maximum absolute atomic E-state index is 14.6. The van der Waals surface area contributed by atoms with Crippen molar-refractivity contribution in [1.82, 2.24) is 19.5 Å². The van der Waals surface area contributed by atoms with Gasteiger partial charge in [-0.15, -0.1) is 0 Å². The Morgan fingerprint density at radius 2 is 1.90 bits per heavy atom. The van der Waals surface area contributed by atoms with Gasteiger partial charge in [-0.25, -0.2) is 14.4 Å². The minimum Gasteiger partial charge on any atom is -0.469 e. The molecule has 0 fully saturated rings. The number of methoxy groups -OCH3 is 1. The van der Waals surface area contributed by atoms with Crippen molar-refractivity contribution in [3.63, 3.8) is 0 Å². The Kier molecular flexibility index (Phi) is 8.58. The van der Waals surface area contributed by atoms with Crippen LogP contribution in [0.3, 0.4) is 0 Å². The van der Waals surface area contributed by atoms with Crippen LogP contribution < -0.4 is 15.9 Å². The summed E-state index contributed by atoms with van der Waals surface area (Å²) < 4.78 is 92.7. The SMILES string of the molecule is COC(=O)CCc1nc(C)c(Cn2cnc(C(F)(F)C(F)(F)F)c(Oc3cc(Cl)cc(C#N)c3F)c2=O)c(=O)[nH]1. The predicted molar refractivity (Wildman–Crippen MR) is 124 cm³/mol. The number of carbonyl (C=O) groups is 1. The van der Waals surface area contributed by atoms with E-state index < -0.39 is 64.3 Å². The number of hydrogen-bond donors (Lipinski definition) is 1. The minimum absolute atomic E-state index is 0.0143. The fourth-order valence-corrected chi connectivity index (χ4v) is 3.54. The lowest BCUT2D eigenvalue weighted by Gasteiger charge is -2.22. The zero-order valence-electron chi connectivity index (χ0n) is 20.3. The van der Waals surface area contributed by atoms with E-state index in [1.807, 2.05) is 0 Å². The Balaban J connectivity index is 2.14. The van der Waals surface area contributed by atoms with Crippen LogP contribution in [-0.4, -0.2) is 38.8 Å². The van der Waals surface area contributed by atoms with Crippen molar-refractivity contribution in [1.29, 1.82) is 5.26 Å². The van der Waals surface area contributed by atoms with Crippen LogP contribution in [-0.2, 0) is 28.4 Å². The first-order chi connectivity index (χ1) is 18.6. The molecule has 0 radical (unpaired) electrons. The molecule has 212 valence electrons. The van der Waals surface area contributed by atoms with Crippen LogP contribution in [0.1, 0.15) is 34.8 Å². The Labute approximate surface area is 224 Å². The maximum atomic E-state index is 14.6. The highest BCUT2D eigenvalue weighted by Gasteiger charge is 2.62. The van der Waals surface area contributed by atoms with E-state index >= 15 is 0 Å². The molecule has 0 amide bonds. The fourth-order valence-electron chi connectivity index (χ4n) is 3.33. The zero-order chi connectivity index (χ0) is 30.0. The smallest absolute Gasteiger partial charge is 0.459 e. The summed E-state index contributed by atoms with van der Waals surface area (Å²) in [5.41, 5.74) is -5.60. The summed E-state index contributed by atoms with van der Waals surface area (Å²) in [7, 11) is 1.16. The minimum atomic E-state index is -6.24. The van der Waals surface area contributed by atoms with Gasteiger partial charge in [0.15, 0.2) is 17.3 Å². The number of rotatable bonds is 8. The molecule has 2 heterocycles. The molecule has 3 rings (SSSR count). The molecule has 0 saturated carbocycles. The Morgan fingerprint density at radius 1 is 1.23 bits per heavy atom. The molecule has 0 unspecified atom stereocenters. The van der Waals surface area contributed by atoms with Gasteiger partial charge >= 0.3 is 18.1 Å². The Morgan fingerprint density at radius 3 is 2.48 bits per heavy atom. The summed E-state index contributed by atoms with van der Waals surface area (Å²) in [4.78, 5) is 46.6. The molecule has 2 aromatic heterocycles. The second-order valence-electron chi connectivity index (χ2n) is 8.06. The molecule has 0 aliphatic rings. The van der Waals surface area contributed by atoms with Crippen molar-refractivity contribution < 1.29 is 40.6 Å². The molecule has 40 heavy (non-hydrogen) atoms. The van der Waals surface area contributed by atoms with Crippen LogP contribution in [0.5, 0.6) is 11.5 Å². The van der Waals surface area contributed by atoms with Crippen molar-refractivity contribution in [3.05, 3.63) is 78.3 Å². The molecule has 0 aliphatic heterocycles. The number of nitriles is 1. The van der Waals surface area contributed by atoms with Crippen molar-refractivity contribution in [3.8, 4) is 17.6 Å². The number of ether oxygens (including phenoxy) is 2. The topological polar surface area (TPSA) is 140 Å². The van der Waals surface area contributed by atoms with E-state index in [0.717, 1.165) is 13.2 Å². The summed E-state index contributed by atoms with van der Waals surface area (Å²) in [6.07, 6.45) is -6.05. The molecule has 3 aromatic rings. The second-order valence-corrected chi connectivity index (χ2v) is 8.50. The van der Waals surface area contributed by atoms with Gasteiger partial charge in [0.1, 0.15) is 11.9 Å². The number of benzene rings is 1. The van der Waals surface area contributed by atoms with Gasteiger partial charge < -0.3 is 14.5 Å². The van der Waals surface area contributed by atoms with Gasteiger partial charge in [0.2, 0.25) is 5.75 Å². The number of esters is 1. The summed E-state index contributed by atoms with van der Waals surface area (Å²) in [6.45, 7) is 0.617. The maximum Gasteiger partial charge on any atom is 0.459 e. The normalized spacial score (nSPS) is 11.7. The third kappa shape index (κ3) is 6.09. The number of nitrogens with one attached hydrogen (secondary N) is 1. The molecule has 1 aromatic carbocycles. The lowest BCUT2D eigenvalue weighted by molar-refractivity contribution is -0.291. The van der Waals surface area contributed by atoms with Crippen LogP contribution in [0.4, 0.5) is 26.3 Å². The third-order valence-corrected chi connectivity index (χ3v) is 5.60. The van der Waals surface area contributed by atoms with Crippen LogP contribution in [0.15, 0.2) is 28.0 Å². The van der Waals surface area contributed by atoms with E-state index in [1.165, 1.54) is 13.0 Å². The number of carbonyl (C=O) groups excluding carboxylic acids is 1. The third-order valence-electron chi connectivity index (χ3n) is 5.38. The number of nitrogens with zero attached hydrogens (tertiary/aromatic N) is 4. The highest BCUT2D eigenvalue weighted by molar-refractivity contribution is 6.30. The van der Waals surface area contributed by atoms with Gasteiger partial charge in [-0.1, -0.05) is 11.6 Å². The Hall–Kier alpha value is -4.39. The van der Waals surface area contributed by atoms with Crippen LogP contribution in [0.25, 0.3) is 0 Å². The monoisotopic (exact) mass is 591 g/mol. The quantitative estimate of drug-likeness (QED) is 0.307. The first-order valence-corrected chi connectivity index (χ1v) is 11.2. The van der Waals surface area contributed by atoms with E-state index in [4.69, 9.17) is 21.6 Å². The highest BCUT2D eigenvalue weighted by Crippen LogP contribution is 2.46.